The van der Waals surface area contributed by atoms with Gasteiger partial charge in [0.25, 0.3) is 0 Å². The lowest BCUT2D eigenvalue weighted by Gasteiger charge is -2.41. The Morgan fingerprint density at radius 3 is 3.19 bits per heavy atom. The standard InChI is InChI=1S/C11H16BN3O/c1-8-9-11(3-2-4-13-7-11)16-6-5-15(9)14-10(8)12/h13H,2-7H2,1H3. The molecule has 0 amide bonds. The van der Waals surface area contributed by atoms with Crippen molar-refractivity contribution in [3.8, 4) is 0 Å². The number of ether oxygens (including phenoxy) is 1. The van der Waals surface area contributed by atoms with Gasteiger partial charge in [-0.25, -0.2) is 0 Å². The number of piperidine rings is 1. The zero-order chi connectivity index (χ0) is 11.2. The van der Waals surface area contributed by atoms with Crippen LogP contribution in [0.15, 0.2) is 0 Å². The van der Waals surface area contributed by atoms with Gasteiger partial charge in [0, 0.05) is 12.1 Å². The summed E-state index contributed by atoms with van der Waals surface area (Å²) in [5.74, 6) is 0. The van der Waals surface area contributed by atoms with Crippen LogP contribution in [-0.2, 0) is 16.9 Å². The molecule has 0 aromatic carbocycles. The molecule has 1 fully saturated rings. The molecule has 16 heavy (non-hydrogen) atoms. The van der Waals surface area contributed by atoms with Crippen LogP contribution in [0.3, 0.4) is 0 Å². The third-order valence-corrected chi connectivity index (χ3v) is 3.68. The van der Waals surface area contributed by atoms with Crippen molar-refractivity contribution >= 4 is 13.4 Å². The Morgan fingerprint density at radius 1 is 1.56 bits per heavy atom. The quantitative estimate of drug-likeness (QED) is 0.600. The molecular formula is C11H16BN3O. The predicted molar refractivity (Wildman–Crippen MR) is 62.1 cm³/mol. The molecule has 1 aromatic heterocycles. The van der Waals surface area contributed by atoms with Crippen molar-refractivity contribution in [1.82, 2.24) is 15.1 Å². The number of hydrogen-bond donors (Lipinski definition) is 1. The average Bonchev–Trinajstić information content (AvgIpc) is 2.58. The molecule has 1 spiro atoms. The monoisotopic (exact) mass is 217 g/mol. The Morgan fingerprint density at radius 2 is 2.44 bits per heavy atom. The fraction of sp³-hybridized carbons (Fsp3) is 0.727. The lowest BCUT2D eigenvalue weighted by Crippen LogP contribution is -2.49. The first kappa shape index (κ1) is 10.4. The van der Waals surface area contributed by atoms with Gasteiger partial charge in [0.1, 0.15) is 13.4 Å². The molecule has 1 unspecified atom stereocenters. The van der Waals surface area contributed by atoms with Crippen molar-refractivity contribution in [3.63, 3.8) is 0 Å². The van der Waals surface area contributed by atoms with Crippen LogP contribution in [-0.4, -0.2) is 37.3 Å². The molecule has 3 heterocycles. The Labute approximate surface area is 96.8 Å². The molecule has 0 bridgehead atoms. The third-order valence-electron chi connectivity index (χ3n) is 3.68. The summed E-state index contributed by atoms with van der Waals surface area (Å²) in [5, 5.41) is 7.80. The van der Waals surface area contributed by atoms with E-state index < -0.39 is 0 Å². The molecule has 3 rings (SSSR count). The van der Waals surface area contributed by atoms with Crippen LogP contribution in [0.5, 0.6) is 0 Å². The number of nitrogens with zero attached hydrogens (tertiary/aromatic N) is 2. The molecule has 1 N–H and O–H groups in total. The smallest absolute Gasteiger partial charge is 0.144 e. The van der Waals surface area contributed by atoms with E-state index in [1.54, 1.807) is 0 Å². The van der Waals surface area contributed by atoms with E-state index >= 15 is 0 Å². The second-order valence-electron chi connectivity index (χ2n) is 4.71. The molecule has 1 saturated heterocycles. The Balaban J connectivity index is 2.10. The summed E-state index contributed by atoms with van der Waals surface area (Å²) in [6.45, 7) is 5.54. The van der Waals surface area contributed by atoms with E-state index in [4.69, 9.17) is 12.6 Å². The number of rotatable bonds is 0. The van der Waals surface area contributed by atoms with Gasteiger partial charge in [-0.2, -0.15) is 5.10 Å². The molecule has 2 aliphatic rings. The maximum Gasteiger partial charge on any atom is 0.144 e. The first-order chi connectivity index (χ1) is 7.73. The highest BCUT2D eigenvalue weighted by molar-refractivity contribution is 6.31. The van der Waals surface area contributed by atoms with E-state index in [0.29, 0.717) is 5.59 Å². The Hall–Kier alpha value is -0.805. The minimum absolute atomic E-state index is 0.189. The van der Waals surface area contributed by atoms with Gasteiger partial charge in [-0.3, -0.25) is 4.68 Å². The minimum atomic E-state index is -0.189. The molecule has 84 valence electrons. The topological polar surface area (TPSA) is 39.1 Å². The van der Waals surface area contributed by atoms with Gasteiger partial charge in [0.2, 0.25) is 0 Å². The first-order valence-corrected chi connectivity index (χ1v) is 5.91. The SMILES string of the molecule is [B]c1nn2c(c1C)C1(CCCNC1)OCC2. The van der Waals surface area contributed by atoms with Gasteiger partial charge >= 0.3 is 0 Å². The van der Waals surface area contributed by atoms with E-state index in [1.807, 2.05) is 11.6 Å². The van der Waals surface area contributed by atoms with Gasteiger partial charge in [0.15, 0.2) is 0 Å². The molecule has 4 nitrogen and oxygen atoms in total. The Bertz CT molecular complexity index is 410. The summed E-state index contributed by atoms with van der Waals surface area (Å²) >= 11 is 0. The summed E-state index contributed by atoms with van der Waals surface area (Å²) in [7, 11) is 5.90. The highest BCUT2D eigenvalue weighted by Gasteiger charge is 2.41. The van der Waals surface area contributed by atoms with E-state index in [-0.39, 0.29) is 5.60 Å². The summed E-state index contributed by atoms with van der Waals surface area (Å²) < 4.78 is 8.08. The second-order valence-corrected chi connectivity index (χ2v) is 4.71. The number of nitrogens with one attached hydrogen (secondary N) is 1. The van der Waals surface area contributed by atoms with Crippen LogP contribution >= 0.6 is 0 Å². The van der Waals surface area contributed by atoms with E-state index in [9.17, 15) is 0 Å². The van der Waals surface area contributed by atoms with Crippen LogP contribution in [0.25, 0.3) is 0 Å². The van der Waals surface area contributed by atoms with Gasteiger partial charge in [-0.05, 0) is 31.9 Å². The van der Waals surface area contributed by atoms with Crippen molar-refractivity contribution in [2.75, 3.05) is 19.7 Å². The minimum Gasteiger partial charge on any atom is -0.365 e. The zero-order valence-corrected chi connectivity index (χ0v) is 9.62. The highest BCUT2D eigenvalue weighted by Crippen LogP contribution is 2.36. The molecule has 1 aromatic rings. The summed E-state index contributed by atoms with van der Waals surface area (Å²) in [4.78, 5) is 0. The van der Waals surface area contributed by atoms with E-state index in [1.165, 1.54) is 5.69 Å². The van der Waals surface area contributed by atoms with Crippen molar-refractivity contribution in [3.05, 3.63) is 11.3 Å². The van der Waals surface area contributed by atoms with Crippen LogP contribution in [0, 0.1) is 6.92 Å². The van der Waals surface area contributed by atoms with Crippen molar-refractivity contribution < 1.29 is 4.74 Å². The van der Waals surface area contributed by atoms with Gasteiger partial charge < -0.3 is 10.1 Å². The maximum absolute atomic E-state index is 6.05. The molecule has 1 atom stereocenters. The first-order valence-electron chi connectivity index (χ1n) is 5.91. The Kier molecular flexibility index (Phi) is 2.33. The van der Waals surface area contributed by atoms with Gasteiger partial charge in [0.05, 0.1) is 18.8 Å². The number of aromatic nitrogens is 2. The lowest BCUT2D eigenvalue weighted by molar-refractivity contribution is -0.0937. The highest BCUT2D eigenvalue weighted by atomic mass is 16.5. The largest absolute Gasteiger partial charge is 0.365 e. The predicted octanol–water partition coefficient (Wildman–Crippen LogP) is -0.406. The number of hydrogen-bond acceptors (Lipinski definition) is 3. The van der Waals surface area contributed by atoms with Crippen molar-refractivity contribution in [1.29, 1.82) is 0 Å². The summed E-state index contributed by atoms with van der Waals surface area (Å²) in [6.07, 6.45) is 2.20. The average molecular weight is 217 g/mol. The summed E-state index contributed by atoms with van der Waals surface area (Å²) in [6, 6.07) is 0. The van der Waals surface area contributed by atoms with Crippen molar-refractivity contribution in [2.45, 2.75) is 31.9 Å². The molecular weight excluding hydrogens is 201 g/mol. The van der Waals surface area contributed by atoms with E-state index in [2.05, 4.69) is 10.4 Å². The zero-order valence-electron chi connectivity index (χ0n) is 9.62. The molecule has 2 aliphatic heterocycles. The van der Waals surface area contributed by atoms with Crippen LogP contribution in [0.1, 0.15) is 24.1 Å². The van der Waals surface area contributed by atoms with Gasteiger partial charge in [-0.15, -0.1) is 0 Å². The van der Waals surface area contributed by atoms with E-state index in [0.717, 1.165) is 44.6 Å². The van der Waals surface area contributed by atoms with Crippen LogP contribution in [0.4, 0.5) is 0 Å². The molecule has 5 heteroatoms. The second kappa shape index (κ2) is 3.60. The fourth-order valence-electron chi connectivity index (χ4n) is 2.91. The van der Waals surface area contributed by atoms with Gasteiger partial charge in [-0.1, -0.05) is 0 Å². The molecule has 2 radical (unpaired) electrons. The van der Waals surface area contributed by atoms with Crippen molar-refractivity contribution in [2.24, 2.45) is 0 Å². The van der Waals surface area contributed by atoms with Crippen LogP contribution in [0.2, 0.25) is 0 Å². The normalized spacial score (nSPS) is 29.3. The maximum atomic E-state index is 6.05. The lowest BCUT2D eigenvalue weighted by atomic mass is 9.85. The fourth-order valence-corrected chi connectivity index (χ4v) is 2.91. The summed E-state index contributed by atoms with van der Waals surface area (Å²) in [5.41, 5.74) is 2.72. The van der Waals surface area contributed by atoms with Crippen LogP contribution < -0.4 is 10.9 Å². The number of fused-ring (bicyclic) bond motifs is 2. The molecule has 0 saturated carbocycles. The third kappa shape index (κ3) is 1.35. The molecule has 0 aliphatic carbocycles.